The number of rotatable bonds is 4. The second kappa shape index (κ2) is 5.24. The molecule has 1 saturated carbocycles. The molecule has 0 amide bonds. The Labute approximate surface area is 122 Å². The SMILES string of the molecule is O=C(O)C1(CNc2cc3ccccc3c(=O)[nH]2)CCCC1. The van der Waals surface area contributed by atoms with E-state index in [2.05, 4.69) is 10.3 Å². The topological polar surface area (TPSA) is 82.2 Å². The Morgan fingerprint density at radius 1 is 1.29 bits per heavy atom. The lowest BCUT2D eigenvalue weighted by Gasteiger charge is -2.24. The van der Waals surface area contributed by atoms with Crippen LogP contribution >= 0.6 is 0 Å². The molecule has 1 aliphatic carbocycles. The molecule has 0 unspecified atom stereocenters. The van der Waals surface area contributed by atoms with Crippen molar-refractivity contribution >= 4 is 22.6 Å². The van der Waals surface area contributed by atoms with E-state index in [0.717, 1.165) is 18.2 Å². The summed E-state index contributed by atoms with van der Waals surface area (Å²) in [5.74, 6) is -0.179. The van der Waals surface area contributed by atoms with Gasteiger partial charge in [0.1, 0.15) is 5.82 Å². The first-order valence-corrected chi connectivity index (χ1v) is 7.20. The number of H-pyrrole nitrogens is 1. The maximum absolute atomic E-state index is 12.0. The molecule has 0 aliphatic heterocycles. The predicted octanol–water partition coefficient (Wildman–Crippen LogP) is 2.59. The lowest BCUT2D eigenvalue weighted by molar-refractivity contribution is -0.147. The molecule has 5 heteroatoms. The molecule has 110 valence electrons. The van der Waals surface area contributed by atoms with Crippen molar-refractivity contribution in [3.05, 3.63) is 40.7 Å². The Bertz CT molecular complexity index is 730. The van der Waals surface area contributed by atoms with Crippen LogP contribution in [0.3, 0.4) is 0 Å². The van der Waals surface area contributed by atoms with E-state index >= 15 is 0 Å². The Balaban J connectivity index is 1.85. The van der Waals surface area contributed by atoms with Crippen LogP contribution in [0.4, 0.5) is 5.82 Å². The third-order valence-electron chi connectivity index (χ3n) is 4.39. The van der Waals surface area contributed by atoms with Crippen molar-refractivity contribution in [1.29, 1.82) is 0 Å². The van der Waals surface area contributed by atoms with E-state index in [-0.39, 0.29) is 5.56 Å². The summed E-state index contributed by atoms with van der Waals surface area (Å²) < 4.78 is 0. The standard InChI is InChI=1S/C16H18N2O3/c19-14-12-6-2-1-5-11(12)9-13(18-14)17-10-16(15(20)21)7-3-4-8-16/h1-2,5-6,9H,3-4,7-8,10H2,(H,20,21)(H2,17,18,19). The zero-order valence-corrected chi connectivity index (χ0v) is 11.7. The van der Waals surface area contributed by atoms with Crippen molar-refractivity contribution < 1.29 is 9.90 Å². The number of anilines is 1. The molecule has 0 radical (unpaired) electrons. The monoisotopic (exact) mass is 286 g/mol. The average Bonchev–Trinajstić information content (AvgIpc) is 2.95. The van der Waals surface area contributed by atoms with Gasteiger partial charge in [-0.05, 0) is 30.4 Å². The fourth-order valence-corrected chi connectivity index (χ4v) is 3.09. The molecule has 1 aromatic heterocycles. The summed E-state index contributed by atoms with van der Waals surface area (Å²) in [7, 11) is 0. The van der Waals surface area contributed by atoms with Gasteiger partial charge in [-0.1, -0.05) is 31.0 Å². The van der Waals surface area contributed by atoms with Crippen LogP contribution in [0.25, 0.3) is 10.8 Å². The predicted molar refractivity (Wildman–Crippen MR) is 81.6 cm³/mol. The lowest BCUT2D eigenvalue weighted by atomic mass is 9.86. The highest BCUT2D eigenvalue weighted by atomic mass is 16.4. The van der Waals surface area contributed by atoms with E-state index in [9.17, 15) is 14.7 Å². The zero-order chi connectivity index (χ0) is 14.9. The van der Waals surface area contributed by atoms with Crippen LogP contribution in [0, 0.1) is 5.41 Å². The maximum Gasteiger partial charge on any atom is 0.311 e. The van der Waals surface area contributed by atoms with Gasteiger partial charge in [0.25, 0.3) is 5.56 Å². The summed E-state index contributed by atoms with van der Waals surface area (Å²) in [5.41, 5.74) is -0.867. The second-order valence-electron chi connectivity index (χ2n) is 5.75. The van der Waals surface area contributed by atoms with Crippen LogP contribution in [-0.2, 0) is 4.79 Å². The molecule has 2 aromatic rings. The molecule has 0 spiro atoms. The lowest BCUT2D eigenvalue weighted by Crippen LogP contribution is -2.35. The van der Waals surface area contributed by atoms with Crippen LogP contribution < -0.4 is 10.9 Å². The highest BCUT2D eigenvalue weighted by Crippen LogP contribution is 2.38. The molecule has 3 N–H and O–H groups in total. The first-order chi connectivity index (χ1) is 10.1. The number of carboxylic acids is 1. The first kappa shape index (κ1) is 13.7. The minimum Gasteiger partial charge on any atom is -0.481 e. The number of carbonyl (C=O) groups is 1. The molecule has 1 aliphatic rings. The van der Waals surface area contributed by atoms with E-state index in [4.69, 9.17) is 0 Å². The van der Waals surface area contributed by atoms with Crippen molar-refractivity contribution in [2.75, 3.05) is 11.9 Å². The van der Waals surface area contributed by atoms with Crippen molar-refractivity contribution in [1.82, 2.24) is 4.98 Å². The van der Waals surface area contributed by atoms with Gasteiger partial charge in [-0.2, -0.15) is 0 Å². The van der Waals surface area contributed by atoms with Crippen molar-refractivity contribution in [2.45, 2.75) is 25.7 Å². The maximum atomic E-state index is 12.0. The van der Waals surface area contributed by atoms with Gasteiger partial charge in [-0.3, -0.25) is 9.59 Å². The fourth-order valence-electron chi connectivity index (χ4n) is 3.09. The van der Waals surface area contributed by atoms with Crippen molar-refractivity contribution in [3.63, 3.8) is 0 Å². The number of carboxylic acid groups (broad SMARTS) is 1. The van der Waals surface area contributed by atoms with Gasteiger partial charge in [0.2, 0.25) is 0 Å². The second-order valence-corrected chi connectivity index (χ2v) is 5.75. The summed E-state index contributed by atoms with van der Waals surface area (Å²) in [5, 5.41) is 14.0. The molecule has 5 nitrogen and oxygen atoms in total. The first-order valence-electron chi connectivity index (χ1n) is 7.20. The molecule has 1 fully saturated rings. The molecule has 1 heterocycles. The summed E-state index contributed by atoms with van der Waals surface area (Å²) in [6.45, 7) is 0.344. The normalized spacial score (nSPS) is 17.0. The van der Waals surface area contributed by atoms with E-state index in [1.807, 2.05) is 24.3 Å². The highest BCUT2D eigenvalue weighted by molar-refractivity contribution is 5.83. The Morgan fingerprint density at radius 2 is 2.00 bits per heavy atom. The smallest absolute Gasteiger partial charge is 0.311 e. The van der Waals surface area contributed by atoms with Crippen LogP contribution in [0.1, 0.15) is 25.7 Å². The number of pyridine rings is 1. The fraction of sp³-hybridized carbons (Fsp3) is 0.375. The number of benzene rings is 1. The number of aliphatic carboxylic acids is 1. The van der Waals surface area contributed by atoms with Gasteiger partial charge < -0.3 is 15.4 Å². The van der Waals surface area contributed by atoms with Gasteiger partial charge in [-0.15, -0.1) is 0 Å². The Morgan fingerprint density at radius 3 is 2.71 bits per heavy atom. The third kappa shape index (κ3) is 2.51. The van der Waals surface area contributed by atoms with Crippen LogP contribution in [-0.4, -0.2) is 22.6 Å². The zero-order valence-electron chi connectivity index (χ0n) is 11.7. The molecule has 0 atom stereocenters. The molecule has 0 bridgehead atoms. The van der Waals surface area contributed by atoms with Crippen molar-refractivity contribution in [3.8, 4) is 0 Å². The summed E-state index contributed by atoms with van der Waals surface area (Å²) in [6, 6.07) is 9.19. The van der Waals surface area contributed by atoms with E-state index in [0.29, 0.717) is 30.6 Å². The van der Waals surface area contributed by atoms with Crippen LogP contribution in [0.5, 0.6) is 0 Å². The van der Waals surface area contributed by atoms with Gasteiger partial charge in [0, 0.05) is 11.9 Å². The van der Waals surface area contributed by atoms with Crippen molar-refractivity contribution in [2.24, 2.45) is 5.41 Å². The largest absolute Gasteiger partial charge is 0.481 e. The van der Waals surface area contributed by atoms with Gasteiger partial charge in [0.15, 0.2) is 0 Å². The molecule has 0 saturated heterocycles. The third-order valence-corrected chi connectivity index (χ3v) is 4.39. The van der Waals surface area contributed by atoms with Crippen LogP contribution in [0.2, 0.25) is 0 Å². The number of aromatic nitrogens is 1. The minimum absolute atomic E-state index is 0.161. The number of fused-ring (bicyclic) bond motifs is 1. The Kier molecular flexibility index (Phi) is 3.41. The summed E-state index contributed by atoms with van der Waals surface area (Å²) in [4.78, 5) is 26.3. The number of nitrogens with one attached hydrogen (secondary N) is 2. The molecule has 1 aromatic carbocycles. The number of hydrogen-bond acceptors (Lipinski definition) is 3. The molecule has 21 heavy (non-hydrogen) atoms. The number of aromatic amines is 1. The minimum atomic E-state index is -0.754. The molecule has 3 rings (SSSR count). The summed E-state index contributed by atoms with van der Waals surface area (Å²) >= 11 is 0. The quantitative estimate of drug-likeness (QED) is 0.806. The molecular weight excluding hydrogens is 268 g/mol. The van der Waals surface area contributed by atoms with E-state index < -0.39 is 11.4 Å². The molecular formula is C16H18N2O3. The highest BCUT2D eigenvalue weighted by Gasteiger charge is 2.41. The Hall–Kier alpha value is -2.30. The number of hydrogen-bond donors (Lipinski definition) is 3. The van der Waals surface area contributed by atoms with Gasteiger partial charge in [0.05, 0.1) is 5.41 Å². The average molecular weight is 286 g/mol. The summed E-state index contributed by atoms with van der Waals surface area (Å²) in [6.07, 6.45) is 3.27. The van der Waals surface area contributed by atoms with Gasteiger partial charge >= 0.3 is 5.97 Å². The van der Waals surface area contributed by atoms with E-state index in [1.165, 1.54) is 0 Å². The van der Waals surface area contributed by atoms with E-state index in [1.54, 1.807) is 6.07 Å². The van der Waals surface area contributed by atoms with Gasteiger partial charge in [-0.25, -0.2) is 0 Å². The van der Waals surface area contributed by atoms with Crippen LogP contribution in [0.15, 0.2) is 35.1 Å².